The van der Waals surface area contributed by atoms with Crippen molar-refractivity contribution in [3.8, 4) is 0 Å². The van der Waals surface area contributed by atoms with Crippen molar-refractivity contribution in [2.45, 2.75) is 78.9 Å². The van der Waals surface area contributed by atoms with Crippen LogP contribution in [0.2, 0.25) is 0 Å². The molecule has 1 aromatic rings. The summed E-state index contributed by atoms with van der Waals surface area (Å²) in [6.07, 6.45) is 3.58. The third kappa shape index (κ3) is 6.77. The van der Waals surface area contributed by atoms with E-state index in [1.54, 1.807) is 16.4 Å². The number of ether oxygens (including phenoxy) is 2. The molecule has 1 N–H and O–H groups in total. The van der Waals surface area contributed by atoms with Gasteiger partial charge in [-0.1, -0.05) is 0 Å². The summed E-state index contributed by atoms with van der Waals surface area (Å²) in [5, 5.41) is 3.17. The maximum atomic E-state index is 12.4. The van der Waals surface area contributed by atoms with Crippen molar-refractivity contribution in [3.05, 3.63) is 50.3 Å². The number of carbonyl (C=O) groups excluding carboxylic acids is 3. The second-order valence-electron chi connectivity index (χ2n) is 9.26. The smallest absolute Gasteiger partial charge is 0.307 e. The van der Waals surface area contributed by atoms with Crippen LogP contribution in [0.1, 0.15) is 76.1 Å². The molecule has 0 bridgehead atoms. The second kappa shape index (κ2) is 13.3. The maximum Gasteiger partial charge on any atom is 0.307 e. The highest BCUT2D eigenvalue weighted by molar-refractivity contribution is 6.18. The molecular formula is C26H34Cl2N4O6. The van der Waals surface area contributed by atoms with Crippen LogP contribution in [0, 0.1) is 6.92 Å². The molecular weight excluding hydrogens is 535 g/mol. The molecule has 1 aromatic heterocycles. The minimum atomic E-state index is -0.414. The van der Waals surface area contributed by atoms with E-state index in [2.05, 4.69) is 10.3 Å². The number of fused-ring (bicyclic) bond motifs is 2. The maximum absolute atomic E-state index is 12.4. The highest BCUT2D eigenvalue weighted by Crippen LogP contribution is 2.29. The van der Waals surface area contributed by atoms with Gasteiger partial charge in [0.05, 0.1) is 0 Å². The summed E-state index contributed by atoms with van der Waals surface area (Å²) in [7, 11) is 0. The van der Waals surface area contributed by atoms with Gasteiger partial charge in [0.1, 0.15) is 5.76 Å². The topological polar surface area (TPSA) is 120 Å². The van der Waals surface area contributed by atoms with E-state index >= 15 is 0 Å². The van der Waals surface area contributed by atoms with Gasteiger partial charge < -0.3 is 14.8 Å². The summed E-state index contributed by atoms with van der Waals surface area (Å²) < 4.78 is 12.0. The SMILES string of the molecule is CC(=O)OC1=C2NC(C)=C(CCCl)C(=O)N2CCC1.CC(=O)OC1CCCn2c1nc(C)c(CCCl)c2=O. The summed E-state index contributed by atoms with van der Waals surface area (Å²) in [5.74, 6) is 1.73. The Morgan fingerprint density at radius 2 is 1.76 bits per heavy atom. The molecule has 3 aliphatic rings. The summed E-state index contributed by atoms with van der Waals surface area (Å²) in [4.78, 5) is 53.1. The molecule has 4 rings (SSSR count). The van der Waals surface area contributed by atoms with Crippen LogP contribution in [0.15, 0.2) is 27.6 Å². The third-order valence-corrected chi connectivity index (χ3v) is 6.86. The number of hydrogen-bond acceptors (Lipinski definition) is 8. The Bertz CT molecular complexity index is 1220. The van der Waals surface area contributed by atoms with Crippen molar-refractivity contribution in [1.29, 1.82) is 0 Å². The number of esters is 2. The predicted octanol–water partition coefficient (Wildman–Crippen LogP) is 3.58. The minimum absolute atomic E-state index is 0.0451. The Hall–Kier alpha value is -2.85. The van der Waals surface area contributed by atoms with E-state index in [1.807, 2.05) is 6.92 Å². The molecule has 12 heteroatoms. The standard InChI is InChI=1S/2C13H17ClN2O3/c2*1-8-10(5-6-14)13(18)16-7-3-4-11(12(16)15-8)19-9(2)17/h15H,3-7H2,1-2H3;11H,3-7H2,1-2H3. The monoisotopic (exact) mass is 568 g/mol. The molecule has 4 heterocycles. The lowest BCUT2D eigenvalue weighted by Gasteiger charge is -2.36. The van der Waals surface area contributed by atoms with Crippen molar-refractivity contribution in [1.82, 2.24) is 19.8 Å². The number of carbonyl (C=O) groups is 3. The van der Waals surface area contributed by atoms with Crippen LogP contribution in [0.5, 0.6) is 0 Å². The number of aromatic nitrogens is 2. The van der Waals surface area contributed by atoms with Crippen LogP contribution < -0.4 is 10.9 Å². The largest absolute Gasteiger partial charge is 0.454 e. The molecule has 0 radical (unpaired) electrons. The number of amides is 1. The summed E-state index contributed by atoms with van der Waals surface area (Å²) >= 11 is 11.4. The Kier molecular flexibility index (Phi) is 10.4. The number of nitrogens with zero attached hydrogens (tertiary/aromatic N) is 3. The highest BCUT2D eigenvalue weighted by Gasteiger charge is 2.33. The molecule has 0 spiro atoms. The minimum Gasteiger partial charge on any atom is -0.454 e. The van der Waals surface area contributed by atoms with Crippen LogP contribution in [0.4, 0.5) is 0 Å². The molecule has 1 atom stereocenters. The van der Waals surface area contributed by atoms with E-state index in [9.17, 15) is 19.2 Å². The van der Waals surface area contributed by atoms with Gasteiger partial charge in [0.25, 0.3) is 11.5 Å². The zero-order valence-corrected chi connectivity index (χ0v) is 23.7. The van der Waals surface area contributed by atoms with Gasteiger partial charge in [-0.3, -0.25) is 28.6 Å². The fourth-order valence-electron chi connectivity index (χ4n) is 4.80. The third-order valence-electron chi connectivity index (χ3n) is 6.48. The Labute approximate surface area is 232 Å². The van der Waals surface area contributed by atoms with Gasteiger partial charge in [-0.2, -0.15) is 0 Å². The van der Waals surface area contributed by atoms with Gasteiger partial charge in [0, 0.05) is 67.6 Å². The molecule has 0 aromatic carbocycles. The molecule has 10 nitrogen and oxygen atoms in total. The molecule has 0 saturated carbocycles. The molecule has 1 amide bonds. The first-order chi connectivity index (χ1) is 18.1. The summed E-state index contributed by atoms with van der Waals surface area (Å²) in [6.45, 7) is 7.61. The summed E-state index contributed by atoms with van der Waals surface area (Å²) in [6, 6.07) is 0. The van der Waals surface area contributed by atoms with Crippen molar-refractivity contribution in [2.75, 3.05) is 18.3 Å². The van der Waals surface area contributed by atoms with Gasteiger partial charge in [-0.15, -0.1) is 23.2 Å². The molecule has 0 aliphatic carbocycles. The van der Waals surface area contributed by atoms with Crippen molar-refractivity contribution >= 4 is 41.0 Å². The van der Waals surface area contributed by atoms with Crippen molar-refractivity contribution in [2.24, 2.45) is 0 Å². The van der Waals surface area contributed by atoms with E-state index in [4.69, 9.17) is 32.7 Å². The van der Waals surface area contributed by atoms with Crippen LogP contribution in [-0.2, 0) is 36.8 Å². The zero-order valence-electron chi connectivity index (χ0n) is 22.2. The van der Waals surface area contributed by atoms with Crippen LogP contribution in [0.3, 0.4) is 0 Å². The Balaban J connectivity index is 0.000000211. The van der Waals surface area contributed by atoms with E-state index in [-0.39, 0.29) is 23.4 Å². The lowest BCUT2D eigenvalue weighted by molar-refractivity contribution is -0.148. The zero-order chi connectivity index (χ0) is 28.0. The number of alkyl halides is 2. The Morgan fingerprint density at radius 3 is 2.39 bits per heavy atom. The lowest BCUT2D eigenvalue weighted by atomic mass is 10.0. The number of halogens is 2. The highest BCUT2D eigenvalue weighted by atomic mass is 35.5. The first-order valence-electron chi connectivity index (χ1n) is 12.7. The number of nitrogens with one attached hydrogen (secondary N) is 1. The van der Waals surface area contributed by atoms with Crippen LogP contribution in [0.25, 0.3) is 0 Å². The predicted molar refractivity (Wildman–Crippen MR) is 142 cm³/mol. The number of aryl methyl sites for hydroxylation is 1. The van der Waals surface area contributed by atoms with Crippen molar-refractivity contribution < 1.29 is 23.9 Å². The van der Waals surface area contributed by atoms with Gasteiger partial charge in [0.15, 0.2) is 17.7 Å². The summed E-state index contributed by atoms with van der Waals surface area (Å²) in [5.41, 5.74) is 2.75. The molecule has 0 saturated heterocycles. The van der Waals surface area contributed by atoms with Gasteiger partial charge in [0.2, 0.25) is 0 Å². The molecule has 0 fully saturated rings. The number of hydrogen-bond donors (Lipinski definition) is 1. The van der Waals surface area contributed by atoms with Gasteiger partial charge in [-0.05, 0) is 46.0 Å². The van der Waals surface area contributed by atoms with Gasteiger partial charge >= 0.3 is 11.9 Å². The average molecular weight is 569 g/mol. The van der Waals surface area contributed by atoms with E-state index in [0.717, 1.165) is 18.5 Å². The second-order valence-corrected chi connectivity index (χ2v) is 10.0. The fourth-order valence-corrected chi connectivity index (χ4v) is 5.18. The first kappa shape index (κ1) is 29.7. The van der Waals surface area contributed by atoms with E-state index in [0.29, 0.717) is 84.8 Å². The number of allylic oxidation sites excluding steroid dienone is 2. The Morgan fingerprint density at radius 1 is 1.05 bits per heavy atom. The van der Waals surface area contributed by atoms with Gasteiger partial charge in [-0.25, -0.2) is 4.98 Å². The normalized spacial score (nSPS) is 18.6. The molecule has 208 valence electrons. The van der Waals surface area contributed by atoms with E-state index < -0.39 is 6.10 Å². The molecule has 38 heavy (non-hydrogen) atoms. The van der Waals surface area contributed by atoms with Crippen LogP contribution >= 0.6 is 23.2 Å². The fraction of sp³-hybridized carbons (Fsp3) is 0.577. The van der Waals surface area contributed by atoms with E-state index in [1.165, 1.54) is 13.8 Å². The number of rotatable bonds is 6. The van der Waals surface area contributed by atoms with Crippen LogP contribution in [-0.4, -0.2) is 50.6 Å². The quantitative estimate of drug-likeness (QED) is 0.408. The first-order valence-corrected chi connectivity index (χ1v) is 13.7. The molecule has 1 unspecified atom stereocenters. The molecule has 3 aliphatic heterocycles. The lowest BCUT2D eigenvalue weighted by Crippen LogP contribution is -2.46. The van der Waals surface area contributed by atoms with Crippen molar-refractivity contribution in [3.63, 3.8) is 0 Å². The average Bonchev–Trinajstić information content (AvgIpc) is 2.85.